The Labute approximate surface area is 180 Å². The van der Waals surface area contributed by atoms with Crippen LogP contribution in [0.5, 0.6) is 11.5 Å². The minimum Gasteiger partial charge on any atom is -0.504 e. The standard InChI is InChI=1S/C24H22ClFN2O2/c1-2-30-22-8-4-7-19(23(22)29)21-14-20(15-9-11-17(25)12-10-15)27-24(28-21)16-5-3-6-18(26)13-16/h3-13,21,24,28-29H,2,14H2,1H3. The van der Waals surface area contributed by atoms with Gasteiger partial charge >= 0.3 is 0 Å². The average molecular weight is 425 g/mol. The summed E-state index contributed by atoms with van der Waals surface area (Å²) in [5.41, 5.74) is 3.22. The van der Waals surface area contributed by atoms with E-state index in [9.17, 15) is 9.50 Å². The minimum absolute atomic E-state index is 0.104. The zero-order chi connectivity index (χ0) is 21.1. The van der Waals surface area contributed by atoms with Crippen LogP contribution in [0.15, 0.2) is 71.7 Å². The molecule has 0 bridgehead atoms. The van der Waals surface area contributed by atoms with Crippen molar-refractivity contribution < 1.29 is 14.2 Å². The lowest BCUT2D eigenvalue weighted by Crippen LogP contribution is -2.33. The Balaban J connectivity index is 1.75. The van der Waals surface area contributed by atoms with Crippen molar-refractivity contribution in [2.45, 2.75) is 25.6 Å². The number of aromatic hydroxyl groups is 1. The van der Waals surface area contributed by atoms with Crippen molar-refractivity contribution >= 4 is 17.3 Å². The highest BCUT2D eigenvalue weighted by Crippen LogP contribution is 2.39. The van der Waals surface area contributed by atoms with Crippen LogP contribution in [-0.2, 0) is 0 Å². The Kier molecular flexibility index (Phi) is 6.02. The zero-order valence-electron chi connectivity index (χ0n) is 16.5. The van der Waals surface area contributed by atoms with Crippen LogP contribution < -0.4 is 10.1 Å². The lowest BCUT2D eigenvalue weighted by molar-refractivity contribution is 0.313. The fraction of sp³-hybridized carbons (Fsp3) is 0.208. The maximum atomic E-state index is 13.9. The minimum atomic E-state index is -0.458. The molecule has 0 spiro atoms. The number of phenolic OH excluding ortho intramolecular Hbond substituents is 1. The molecular weight excluding hydrogens is 403 g/mol. The van der Waals surface area contributed by atoms with Crippen LogP contribution >= 0.6 is 11.6 Å². The van der Waals surface area contributed by atoms with E-state index in [2.05, 4.69) is 5.32 Å². The molecule has 0 saturated carbocycles. The first kappa shape index (κ1) is 20.4. The molecule has 1 heterocycles. The molecule has 30 heavy (non-hydrogen) atoms. The molecule has 0 amide bonds. The van der Waals surface area contributed by atoms with Gasteiger partial charge in [0.05, 0.1) is 6.61 Å². The van der Waals surface area contributed by atoms with Crippen LogP contribution in [0.1, 0.15) is 42.2 Å². The quantitative estimate of drug-likeness (QED) is 0.543. The Morgan fingerprint density at radius 1 is 1.13 bits per heavy atom. The molecule has 0 radical (unpaired) electrons. The third kappa shape index (κ3) is 4.32. The van der Waals surface area contributed by atoms with Gasteiger partial charge in [0.1, 0.15) is 12.0 Å². The van der Waals surface area contributed by atoms with Crippen LogP contribution in [0.25, 0.3) is 0 Å². The van der Waals surface area contributed by atoms with Crippen molar-refractivity contribution in [1.29, 1.82) is 0 Å². The molecule has 6 heteroatoms. The van der Waals surface area contributed by atoms with Gasteiger partial charge in [-0.1, -0.05) is 48.0 Å². The Hall–Kier alpha value is -2.89. The second kappa shape index (κ2) is 8.86. The number of ether oxygens (including phenoxy) is 1. The number of hydrogen-bond acceptors (Lipinski definition) is 4. The Bertz CT molecular complexity index is 1070. The summed E-state index contributed by atoms with van der Waals surface area (Å²) in [5.74, 6) is 0.225. The lowest BCUT2D eigenvalue weighted by atomic mass is 9.93. The molecular formula is C24H22ClFN2O2. The van der Waals surface area contributed by atoms with Crippen molar-refractivity contribution in [1.82, 2.24) is 5.32 Å². The van der Waals surface area contributed by atoms with Crippen molar-refractivity contribution in [3.05, 3.63) is 94.3 Å². The average Bonchev–Trinajstić information content (AvgIpc) is 2.75. The van der Waals surface area contributed by atoms with Gasteiger partial charge in [0.15, 0.2) is 11.5 Å². The van der Waals surface area contributed by atoms with Gasteiger partial charge in [-0.2, -0.15) is 0 Å². The smallest absolute Gasteiger partial charge is 0.162 e. The SMILES string of the molecule is CCOc1cccc(C2CC(c3ccc(Cl)cc3)=NC(c3cccc(F)c3)N2)c1O. The van der Waals surface area contributed by atoms with Gasteiger partial charge < -0.3 is 9.84 Å². The molecule has 4 rings (SSSR count). The first-order chi connectivity index (χ1) is 14.5. The first-order valence-electron chi connectivity index (χ1n) is 9.84. The first-order valence-corrected chi connectivity index (χ1v) is 10.2. The molecule has 1 aliphatic rings. The number of phenols is 1. The maximum Gasteiger partial charge on any atom is 0.162 e. The molecule has 0 saturated heterocycles. The van der Waals surface area contributed by atoms with Crippen molar-refractivity contribution in [3.63, 3.8) is 0 Å². The number of nitrogens with zero attached hydrogens (tertiary/aromatic N) is 1. The number of hydrogen-bond donors (Lipinski definition) is 2. The summed E-state index contributed by atoms with van der Waals surface area (Å²) in [7, 11) is 0. The molecule has 3 aromatic carbocycles. The van der Waals surface area contributed by atoms with Gasteiger partial charge in [0.2, 0.25) is 0 Å². The van der Waals surface area contributed by atoms with Crippen LogP contribution in [-0.4, -0.2) is 17.4 Å². The van der Waals surface area contributed by atoms with Gasteiger partial charge in [0, 0.05) is 28.8 Å². The normalized spacial score (nSPS) is 18.7. The van der Waals surface area contributed by atoms with Crippen molar-refractivity contribution in [3.8, 4) is 11.5 Å². The number of para-hydroxylation sites is 1. The van der Waals surface area contributed by atoms with E-state index >= 15 is 0 Å². The highest BCUT2D eigenvalue weighted by atomic mass is 35.5. The predicted octanol–water partition coefficient (Wildman–Crippen LogP) is 5.81. The van der Waals surface area contributed by atoms with Gasteiger partial charge in [-0.05, 0) is 48.4 Å². The van der Waals surface area contributed by atoms with Crippen molar-refractivity contribution in [2.75, 3.05) is 6.61 Å². The van der Waals surface area contributed by atoms with Gasteiger partial charge in [-0.25, -0.2) is 4.39 Å². The maximum absolute atomic E-state index is 13.9. The highest BCUT2D eigenvalue weighted by molar-refractivity contribution is 6.30. The zero-order valence-corrected chi connectivity index (χ0v) is 17.2. The molecule has 2 N–H and O–H groups in total. The summed E-state index contributed by atoms with van der Waals surface area (Å²) in [5, 5.41) is 14.9. The third-order valence-electron chi connectivity index (χ3n) is 5.09. The molecule has 154 valence electrons. The third-order valence-corrected chi connectivity index (χ3v) is 5.34. The van der Waals surface area contributed by atoms with Crippen LogP contribution in [0.2, 0.25) is 5.02 Å². The summed E-state index contributed by atoms with van der Waals surface area (Å²) in [4.78, 5) is 4.84. The van der Waals surface area contributed by atoms with E-state index in [4.69, 9.17) is 21.3 Å². The molecule has 2 unspecified atom stereocenters. The summed E-state index contributed by atoms with van der Waals surface area (Å²) >= 11 is 6.04. The summed E-state index contributed by atoms with van der Waals surface area (Å²) in [6.45, 7) is 2.33. The van der Waals surface area contributed by atoms with E-state index in [-0.39, 0.29) is 17.6 Å². The van der Waals surface area contributed by atoms with Crippen LogP contribution in [0, 0.1) is 5.82 Å². The predicted molar refractivity (Wildman–Crippen MR) is 117 cm³/mol. The number of halogens is 2. The number of rotatable bonds is 5. The monoisotopic (exact) mass is 424 g/mol. The fourth-order valence-corrected chi connectivity index (χ4v) is 3.79. The van der Waals surface area contributed by atoms with E-state index in [0.29, 0.717) is 34.9 Å². The Morgan fingerprint density at radius 2 is 1.90 bits per heavy atom. The topological polar surface area (TPSA) is 53.8 Å². The van der Waals surface area contributed by atoms with Gasteiger partial charge in [-0.15, -0.1) is 0 Å². The molecule has 3 aromatic rings. The molecule has 2 atom stereocenters. The summed E-state index contributed by atoms with van der Waals surface area (Å²) < 4.78 is 19.4. The van der Waals surface area contributed by atoms with E-state index in [1.807, 2.05) is 49.4 Å². The second-order valence-electron chi connectivity index (χ2n) is 7.09. The summed E-state index contributed by atoms with van der Waals surface area (Å²) in [6, 6.07) is 19.1. The molecule has 0 aliphatic carbocycles. The van der Waals surface area contributed by atoms with Crippen molar-refractivity contribution in [2.24, 2.45) is 4.99 Å². The van der Waals surface area contributed by atoms with E-state index in [1.165, 1.54) is 12.1 Å². The van der Waals surface area contributed by atoms with E-state index < -0.39 is 6.17 Å². The number of aliphatic imine (C=N–C) groups is 1. The number of benzene rings is 3. The van der Waals surface area contributed by atoms with Crippen LogP contribution in [0.3, 0.4) is 0 Å². The highest BCUT2D eigenvalue weighted by Gasteiger charge is 2.28. The molecule has 0 fully saturated rings. The fourth-order valence-electron chi connectivity index (χ4n) is 3.66. The van der Waals surface area contributed by atoms with Gasteiger partial charge in [0.25, 0.3) is 0 Å². The number of nitrogens with one attached hydrogen (secondary N) is 1. The van der Waals surface area contributed by atoms with Gasteiger partial charge in [-0.3, -0.25) is 10.3 Å². The molecule has 4 nitrogen and oxygen atoms in total. The lowest BCUT2D eigenvalue weighted by Gasteiger charge is -2.31. The van der Waals surface area contributed by atoms with E-state index in [1.54, 1.807) is 12.1 Å². The van der Waals surface area contributed by atoms with E-state index in [0.717, 1.165) is 11.3 Å². The molecule has 1 aliphatic heterocycles. The second-order valence-corrected chi connectivity index (χ2v) is 7.53. The van der Waals surface area contributed by atoms with Crippen LogP contribution in [0.4, 0.5) is 4.39 Å². The summed E-state index contributed by atoms with van der Waals surface area (Å²) in [6.07, 6.45) is 0.0941. The Morgan fingerprint density at radius 3 is 2.63 bits per heavy atom. The molecule has 0 aromatic heterocycles. The largest absolute Gasteiger partial charge is 0.504 e.